The second-order valence-electron chi connectivity index (χ2n) is 6.49. The van der Waals surface area contributed by atoms with Gasteiger partial charge in [0.2, 0.25) is 5.96 Å². The van der Waals surface area contributed by atoms with Crippen molar-refractivity contribution in [1.29, 1.82) is 0 Å². The number of benzene rings is 1. The lowest BCUT2D eigenvalue weighted by Crippen LogP contribution is -2.50. The molecule has 0 saturated carbocycles. The zero-order valence-corrected chi connectivity index (χ0v) is 14.6. The maximum Gasteiger partial charge on any atom is 0.257 e. The van der Waals surface area contributed by atoms with Gasteiger partial charge in [-0.1, -0.05) is 0 Å². The molecule has 2 N–H and O–H groups in total. The molecule has 1 aromatic rings. The van der Waals surface area contributed by atoms with Crippen molar-refractivity contribution in [3.8, 4) is 11.5 Å². The first-order valence-electron chi connectivity index (χ1n) is 8.11. The van der Waals surface area contributed by atoms with Gasteiger partial charge in [0.15, 0.2) is 0 Å². The molecule has 1 aromatic carbocycles. The van der Waals surface area contributed by atoms with Crippen LogP contribution in [0.25, 0.3) is 0 Å². The molecule has 0 radical (unpaired) electrons. The van der Waals surface area contributed by atoms with Crippen molar-refractivity contribution in [2.24, 2.45) is 4.99 Å². The number of phenols is 1. The zero-order chi connectivity index (χ0) is 18.2. The highest BCUT2D eigenvalue weighted by atomic mass is 16.5. The Labute approximate surface area is 146 Å². The summed E-state index contributed by atoms with van der Waals surface area (Å²) in [5.74, 6) is 0.550. The van der Waals surface area contributed by atoms with Crippen LogP contribution in [0.2, 0.25) is 0 Å². The molecule has 2 aliphatic heterocycles. The summed E-state index contributed by atoms with van der Waals surface area (Å²) in [6, 6.07) is 4.60. The highest BCUT2D eigenvalue weighted by Gasteiger charge is 2.47. The normalized spacial score (nSPS) is 18.8. The number of piperidine rings is 1. The number of guanidine groups is 1. The number of rotatable bonds is 2. The third kappa shape index (κ3) is 2.99. The highest BCUT2D eigenvalue weighted by molar-refractivity contribution is 6.07. The Kier molecular flexibility index (Phi) is 4.28. The number of nitrogens with zero attached hydrogens (tertiary/aromatic N) is 3. The first-order chi connectivity index (χ1) is 11.9. The van der Waals surface area contributed by atoms with Crippen LogP contribution in [-0.4, -0.2) is 72.5 Å². The fourth-order valence-electron chi connectivity index (χ4n) is 3.12. The molecule has 0 unspecified atom stereocenters. The SMILES string of the molecule is COc1ccc(C(=O)N2CCC3(CC2)N=C(N(C)C)NC3=O)c(O)c1. The molecule has 0 atom stereocenters. The van der Waals surface area contributed by atoms with Crippen molar-refractivity contribution in [2.45, 2.75) is 18.4 Å². The summed E-state index contributed by atoms with van der Waals surface area (Å²) >= 11 is 0. The molecular weight excluding hydrogens is 324 g/mol. The molecule has 2 heterocycles. The van der Waals surface area contributed by atoms with Crippen LogP contribution in [0, 0.1) is 0 Å². The van der Waals surface area contributed by atoms with Crippen LogP contribution in [-0.2, 0) is 4.79 Å². The van der Waals surface area contributed by atoms with Crippen LogP contribution in [0.15, 0.2) is 23.2 Å². The van der Waals surface area contributed by atoms with Crippen LogP contribution in [0.4, 0.5) is 0 Å². The number of hydrogen-bond acceptors (Lipinski definition) is 6. The molecule has 0 aromatic heterocycles. The van der Waals surface area contributed by atoms with E-state index in [9.17, 15) is 14.7 Å². The van der Waals surface area contributed by atoms with E-state index < -0.39 is 5.54 Å². The average molecular weight is 346 g/mol. The minimum Gasteiger partial charge on any atom is -0.507 e. The van der Waals surface area contributed by atoms with Gasteiger partial charge in [0.25, 0.3) is 11.8 Å². The van der Waals surface area contributed by atoms with Gasteiger partial charge < -0.3 is 19.6 Å². The van der Waals surface area contributed by atoms with Gasteiger partial charge in [0.1, 0.15) is 17.0 Å². The number of likely N-dealkylation sites (tertiary alicyclic amines) is 1. The van der Waals surface area contributed by atoms with E-state index in [1.165, 1.54) is 13.2 Å². The standard InChI is InChI=1S/C17H22N4O4/c1-20(2)16-18-15(24)17(19-16)6-8-21(9-7-17)14(23)12-5-4-11(25-3)10-13(12)22/h4-5,10,22H,6-9H2,1-3H3,(H,18,19,24). The second-order valence-corrected chi connectivity index (χ2v) is 6.49. The van der Waals surface area contributed by atoms with Gasteiger partial charge in [-0.3, -0.25) is 14.9 Å². The van der Waals surface area contributed by atoms with E-state index in [4.69, 9.17) is 4.74 Å². The smallest absolute Gasteiger partial charge is 0.257 e. The Morgan fingerprint density at radius 2 is 2.04 bits per heavy atom. The summed E-state index contributed by atoms with van der Waals surface area (Å²) in [7, 11) is 5.14. The molecule has 0 bridgehead atoms. The van der Waals surface area contributed by atoms with Crippen LogP contribution in [0.3, 0.4) is 0 Å². The number of phenolic OH excluding ortho intramolecular Hbond substituents is 1. The predicted octanol–water partition coefficient (Wildman–Crippen LogP) is 0.423. The fourth-order valence-corrected chi connectivity index (χ4v) is 3.12. The van der Waals surface area contributed by atoms with Crippen molar-refractivity contribution in [2.75, 3.05) is 34.3 Å². The summed E-state index contributed by atoms with van der Waals surface area (Å²) in [6.07, 6.45) is 0.914. The topological polar surface area (TPSA) is 94.5 Å². The minimum absolute atomic E-state index is 0.115. The van der Waals surface area contributed by atoms with Crippen molar-refractivity contribution >= 4 is 17.8 Å². The second kappa shape index (κ2) is 6.27. The molecule has 3 rings (SSSR count). The third-order valence-electron chi connectivity index (χ3n) is 4.70. The predicted molar refractivity (Wildman–Crippen MR) is 91.8 cm³/mol. The zero-order valence-electron chi connectivity index (χ0n) is 14.6. The summed E-state index contributed by atoms with van der Waals surface area (Å²) in [6.45, 7) is 0.809. The lowest BCUT2D eigenvalue weighted by atomic mass is 9.87. The Morgan fingerprint density at radius 1 is 1.36 bits per heavy atom. The quantitative estimate of drug-likeness (QED) is 0.809. The summed E-state index contributed by atoms with van der Waals surface area (Å²) < 4.78 is 5.03. The Morgan fingerprint density at radius 3 is 2.56 bits per heavy atom. The maximum atomic E-state index is 12.7. The van der Waals surface area contributed by atoms with E-state index in [2.05, 4.69) is 10.3 Å². The first kappa shape index (κ1) is 17.1. The molecule has 1 spiro atoms. The number of aliphatic imine (C=N–C) groups is 1. The van der Waals surface area contributed by atoms with Crippen LogP contribution in [0.5, 0.6) is 11.5 Å². The molecule has 134 valence electrons. The number of carbonyl (C=O) groups is 2. The van der Waals surface area contributed by atoms with Gasteiger partial charge in [-0.05, 0) is 25.0 Å². The lowest BCUT2D eigenvalue weighted by molar-refractivity contribution is -0.125. The number of nitrogens with one attached hydrogen (secondary N) is 1. The first-order valence-corrected chi connectivity index (χ1v) is 8.11. The molecule has 8 heteroatoms. The van der Waals surface area contributed by atoms with E-state index in [0.717, 1.165) is 0 Å². The van der Waals surface area contributed by atoms with E-state index in [-0.39, 0.29) is 23.1 Å². The number of methoxy groups -OCH3 is 1. The maximum absolute atomic E-state index is 12.7. The molecule has 1 saturated heterocycles. The van der Waals surface area contributed by atoms with Gasteiger partial charge in [-0.25, -0.2) is 4.99 Å². The molecule has 25 heavy (non-hydrogen) atoms. The lowest BCUT2D eigenvalue weighted by Gasteiger charge is -2.35. The minimum atomic E-state index is -0.793. The average Bonchev–Trinajstić information content (AvgIpc) is 2.91. The fraction of sp³-hybridized carbons (Fsp3) is 0.471. The Hall–Kier alpha value is -2.77. The van der Waals surface area contributed by atoms with E-state index in [1.807, 2.05) is 14.1 Å². The van der Waals surface area contributed by atoms with Gasteiger partial charge in [0.05, 0.1) is 12.7 Å². The number of carbonyl (C=O) groups excluding carboxylic acids is 2. The van der Waals surface area contributed by atoms with Crippen molar-refractivity contribution < 1.29 is 19.4 Å². The van der Waals surface area contributed by atoms with Gasteiger partial charge in [-0.2, -0.15) is 0 Å². The molecule has 8 nitrogen and oxygen atoms in total. The van der Waals surface area contributed by atoms with Crippen molar-refractivity contribution in [1.82, 2.24) is 15.1 Å². The summed E-state index contributed by atoms with van der Waals surface area (Å²) in [5.41, 5.74) is -0.566. The van der Waals surface area contributed by atoms with Gasteiger partial charge in [0, 0.05) is 33.3 Å². The number of aromatic hydroxyl groups is 1. The van der Waals surface area contributed by atoms with E-state index in [1.54, 1.807) is 21.9 Å². The molecule has 2 amide bonds. The Bertz CT molecular complexity index is 736. The molecular formula is C17H22N4O4. The van der Waals surface area contributed by atoms with E-state index >= 15 is 0 Å². The third-order valence-corrected chi connectivity index (χ3v) is 4.70. The van der Waals surface area contributed by atoms with Gasteiger partial charge >= 0.3 is 0 Å². The van der Waals surface area contributed by atoms with Crippen molar-refractivity contribution in [3.05, 3.63) is 23.8 Å². The van der Waals surface area contributed by atoms with Crippen molar-refractivity contribution in [3.63, 3.8) is 0 Å². The molecule has 0 aliphatic carbocycles. The Balaban J connectivity index is 1.72. The van der Waals surface area contributed by atoms with Crippen LogP contribution in [0.1, 0.15) is 23.2 Å². The molecule has 2 aliphatic rings. The highest BCUT2D eigenvalue weighted by Crippen LogP contribution is 2.32. The van der Waals surface area contributed by atoms with Gasteiger partial charge in [-0.15, -0.1) is 0 Å². The van der Waals surface area contributed by atoms with E-state index in [0.29, 0.717) is 37.6 Å². The summed E-state index contributed by atoms with van der Waals surface area (Å²) in [4.78, 5) is 32.9. The van der Waals surface area contributed by atoms with Crippen LogP contribution < -0.4 is 10.1 Å². The monoisotopic (exact) mass is 346 g/mol. The molecule has 1 fully saturated rings. The number of amides is 2. The number of hydrogen-bond donors (Lipinski definition) is 2. The largest absolute Gasteiger partial charge is 0.507 e. The number of ether oxygens (including phenoxy) is 1. The van der Waals surface area contributed by atoms with Crippen LogP contribution >= 0.6 is 0 Å². The summed E-state index contributed by atoms with van der Waals surface area (Å²) in [5, 5.41) is 12.8.